The molecule has 0 saturated carbocycles. The van der Waals surface area contributed by atoms with Gasteiger partial charge < -0.3 is 19.3 Å². The van der Waals surface area contributed by atoms with E-state index in [0.717, 1.165) is 18.4 Å². The molecule has 2 aliphatic heterocycles. The number of benzene rings is 1. The van der Waals surface area contributed by atoms with Gasteiger partial charge in [0.1, 0.15) is 0 Å². The van der Waals surface area contributed by atoms with Gasteiger partial charge in [0.05, 0.1) is 19.6 Å². The Kier molecular flexibility index (Phi) is 5.91. The molecule has 3 rings (SSSR count). The lowest BCUT2D eigenvalue weighted by Crippen LogP contribution is -2.50. The summed E-state index contributed by atoms with van der Waals surface area (Å²) in [7, 11) is 3.18. The van der Waals surface area contributed by atoms with Crippen LogP contribution in [0.1, 0.15) is 38.2 Å². The van der Waals surface area contributed by atoms with Gasteiger partial charge in [0.15, 0.2) is 11.5 Å². The molecule has 2 heterocycles. The number of piperidine rings is 1. The van der Waals surface area contributed by atoms with Crippen molar-refractivity contribution >= 4 is 17.6 Å². The van der Waals surface area contributed by atoms with Crippen LogP contribution in [0.5, 0.6) is 11.5 Å². The number of hydrogen-bond acceptors (Lipinski definition) is 5. The fourth-order valence-corrected chi connectivity index (χ4v) is 4.34. The molecule has 0 bridgehead atoms. The molecule has 2 saturated heterocycles. The van der Waals surface area contributed by atoms with Gasteiger partial charge in [-0.3, -0.25) is 14.4 Å². The summed E-state index contributed by atoms with van der Waals surface area (Å²) in [5.41, 5.74) is 0.313. The summed E-state index contributed by atoms with van der Waals surface area (Å²) in [5.74, 6) is 0.476. The van der Waals surface area contributed by atoms with E-state index in [1.54, 1.807) is 26.0 Å². The minimum absolute atomic E-state index is 0.0582. The first-order valence-electron chi connectivity index (χ1n) is 9.77. The lowest BCUT2D eigenvalue weighted by atomic mass is 9.78. The van der Waals surface area contributed by atoms with Crippen LogP contribution in [0.15, 0.2) is 18.2 Å². The van der Waals surface area contributed by atoms with E-state index >= 15 is 0 Å². The summed E-state index contributed by atoms with van der Waals surface area (Å²) >= 11 is 0. The van der Waals surface area contributed by atoms with Crippen LogP contribution in [-0.4, -0.2) is 61.3 Å². The van der Waals surface area contributed by atoms with Gasteiger partial charge in [-0.1, -0.05) is 19.1 Å². The van der Waals surface area contributed by atoms with Crippen LogP contribution in [0, 0.1) is 5.41 Å². The molecule has 1 atom stereocenters. The number of ketones is 1. The molecule has 1 aromatic rings. The zero-order valence-corrected chi connectivity index (χ0v) is 16.8. The van der Waals surface area contributed by atoms with E-state index in [1.165, 1.54) is 0 Å². The molecule has 7 nitrogen and oxygen atoms in total. The molecule has 28 heavy (non-hydrogen) atoms. The van der Waals surface area contributed by atoms with Crippen LogP contribution in [0.3, 0.4) is 0 Å². The average molecular weight is 388 g/mol. The summed E-state index contributed by atoms with van der Waals surface area (Å²) in [5, 5.41) is 0. The van der Waals surface area contributed by atoms with Crippen LogP contribution < -0.4 is 9.47 Å². The standard InChI is InChI=1S/C21H28N2O5/c1-4-16(24)19(25)23-12-10-21(14-23)9-6-11-22(20(21)26)13-15-7-5-8-17(27-2)18(15)28-3/h5,7-8H,4,6,9-14H2,1-3H3/t21-/m1/s1. The molecule has 2 amide bonds. The number of ether oxygens (including phenoxy) is 2. The van der Waals surface area contributed by atoms with Gasteiger partial charge in [-0.25, -0.2) is 0 Å². The van der Waals surface area contributed by atoms with Crippen molar-refractivity contribution < 1.29 is 23.9 Å². The summed E-state index contributed by atoms with van der Waals surface area (Å²) in [6.45, 7) is 3.58. The summed E-state index contributed by atoms with van der Waals surface area (Å²) in [4.78, 5) is 40.8. The van der Waals surface area contributed by atoms with Gasteiger partial charge >= 0.3 is 0 Å². The monoisotopic (exact) mass is 388 g/mol. The van der Waals surface area contributed by atoms with Crippen molar-refractivity contribution in [3.8, 4) is 11.5 Å². The molecule has 0 N–H and O–H groups in total. The normalized spacial score (nSPS) is 21.9. The number of hydrogen-bond donors (Lipinski definition) is 0. The number of amides is 2. The number of carbonyl (C=O) groups excluding carboxylic acids is 3. The van der Waals surface area contributed by atoms with Crippen molar-refractivity contribution in [2.24, 2.45) is 5.41 Å². The van der Waals surface area contributed by atoms with Crippen molar-refractivity contribution in [1.82, 2.24) is 9.80 Å². The van der Waals surface area contributed by atoms with E-state index in [4.69, 9.17) is 9.47 Å². The molecule has 0 radical (unpaired) electrons. The highest BCUT2D eigenvalue weighted by Gasteiger charge is 2.49. The molecule has 1 spiro atoms. The molecule has 0 unspecified atom stereocenters. The lowest BCUT2D eigenvalue weighted by molar-refractivity contribution is -0.148. The number of rotatable bonds is 6. The van der Waals surface area contributed by atoms with E-state index in [0.29, 0.717) is 44.1 Å². The molecule has 0 aromatic heterocycles. The van der Waals surface area contributed by atoms with Crippen molar-refractivity contribution in [3.05, 3.63) is 23.8 Å². The third-order valence-corrected chi connectivity index (χ3v) is 5.87. The summed E-state index contributed by atoms with van der Waals surface area (Å²) in [6, 6.07) is 5.64. The van der Waals surface area contributed by atoms with Gasteiger partial charge in [-0.15, -0.1) is 0 Å². The lowest BCUT2D eigenvalue weighted by Gasteiger charge is -2.39. The molecule has 0 aliphatic carbocycles. The van der Waals surface area contributed by atoms with E-state index in [9.17, 15) is 14.4 Å². The SMILES string of the molecule is CCC(=O)C(=O)N1CC[C@]2(CCCN(Cc3cccc(OC)c3OC)C2=O)C1. The number of para-hydroxylation sites is 1. The predicted octanol–water partition coefficient (Wildman–Crippen LogP) is 2.02. The highest BCUT2D eigenvalue weighted by molar-refractivity contribution is 6.36. The molecule has 152 valence electrons. The first-order chi connectivity index (χ1) is 13.5. The van der Waals surface area contributed by atoms with Gasteiger partial charge in [0.25, 0.3) is 5.91 Å². The number of likely N-dealkylation sites (tertiary alicyclic amines) is 2. The number of Topliss-reactive ketones (excluding diaryl/α,β-unsaturated/α-hetero) is 1. The van der Waals surface area contributed by atoms with Crippen LogP contribution in [0.25, 0.3) is 0 Å². The first kappa shape index (κ1) is 20.2. The predicted molar refractivity (Wildman–Crippen MR) is 103 cm³/mol. The van der Waals surface area contributed by atoms with Crippen molar-refractivity contribution in [2.45, 2.75) is 39.2 Å². The number of carbonyl (C=O) groups is 3. The van der Waals surface area contributed by atoms with Crippen molar-refractivity contribution in [1.29, 1.82) is 0 Å². The molecular formula is C21H28N2O5. The van der Waals surface area contributed by atoms with Crippen molar-refractivity contribution in [3.63, 3.8) is 0 Å². The van der Waals surface area contributed by atoms with Crippen LogP contribution in [0.4, 0.5) is 0 Å². The average Bonchev–Trinajstić information content (AvgIpc) is 3.15. The van der Waals surface area contributed by atoms with Crippen LogP contribution in [-0.2, 0) is 20.9 Å². The van der Waals surface area contributed by atoms with Gasteiger partial charge in [0, 0.05) is 38.2 Å². The van der Waals surface area contributed by atoms with E-state index in [2.05, 4.69) is 0 Å². The second kappa shape index (κ2) is 8.20. The van der Waals surface area contributed by atoms with E-state index in [-0.39, 0.29) is 12.3 Å². The molecule has 2 fully saturated rings. The zero-order valence-electron chi connectivity index (χ0n) is 16.8. The Morgan fingerprint density at radius 3 is 2.61 bits per heavy atom. The Morgan fingerprint density at radius 1 is 1.14 bits per heavy atom. The maximum atomic E-state index is 13.3. The topological polar surface area (TPSA) is 76.2 Å². The Bertz CT molecular complexity index is 778. The molecule has 2 aliphatic rings. The fourth-order valence-electron chi connectivity index (χ4n) is 4.34. The molecular weight excluding hydrogens is 360 g/mol. The van der Waals surface area contributed by atoms with Crippen molar-refractivity contribution in [2.75, 3.05) is 33.9 Å². The second-order valence-corrected chi connectivity index (χ2v) is 7.52. The van der Waals surface area contributed by atoms with Gasteiger partial charge in [0.2, 0.25) is 11.7 Å². The van der Waals surface area contributed by atoms with Crippen LogP contribution >= 0.6 is 0 Å². The van der Waals surface area contributed by atoms with Gasteiger partial charge in [-0.05, 0) is 25.3 Å². The van der Waals surface area contributed by atoms with E-state index in [1.807, 2.05) is 23.1 Å². The number of methoxy groups -OCH3 is 2. The largest absolute Gasteiger partial charge is 0.493 e. The summed E-state index contributed by atoms with van der Waals surface area (Å²) in [6.07, 6.45) is 2.43. The Morgan fingerprint density at radius 2 is 1.93 bits per heavy atom. The minimum Gasteiger partial charge on any atom is -0.493 e. The fraction of sp³-hybridized carbons (Fsp3) is 0.571. The van der Waals surface area contributed by atoms with Crippen LogP contribution in [0.2, 0.25) is 0 Å². The van der Waals surface area contributed by atoms with E-state index < -0.39 is 17.1 Å². The quantitative estimate of drug-likeness (QED) is 0.697. The number of nitrogens with zero attached hydrogens (tertiary/aromatic N) is 2. The Balaban J connectivity index is 1.77. The summed E-state index contributed by atoms with van der Waals surface area (Å²) < 4.78 is 10.9. The Labute approximate surface area is 165 Å². The smallest absolute Gasteiger partial charge is 0.289 e. The molecule has 1 aromatic carbocycles. The molecule has 7 heteroatoms. The Hall–Kier alpha value is -2.57. The zero-order chi connectivity index (χ0) is 20.3. The minimum atomic E-state index is -0.575. The second-order valence-electron chi connectivity index (χ2n) is 7.52. The maximum absolute atomic E-state index is 13.3. The highest BCUT2D eigenvalue weighted by atomic mass is 16.5. The third kappa shape index (κ3) is 3.57. The first-order valence-corrected chi connectivity index (χ1v) is 9.77. The highest BCUT2D eigenvalue weighted by Crippen LogP contribution is 2.41. The maximum Gasteiger partial charge on any atom is 0.289 e. The third-order valence-electron chi connectivity index (χ3n) is 5.87. The van der Waals surface area contributed by atoms with Gasteiger partial charge in [-0.2, -0.15) is 0 Å².